The molecule has 2 heteroatoms. The van der Waals surface area contributed by atoms with E-state index >= 15 is 0 Å². The van der Waals surface area contributed by atoms with Gasteiger partial charge < -0.3 is 0 Å². The number of hydrogen-bond acceptors (Lipinski definition) is 1. The number of rotatable bonds is 3. The van der Waals surface area contributed by atoms with Crippen LogP contribution in [0.5, 0.6) is 0 Å². The third-order valence-electron chi connectivity index (χ3n) is 4.66. The number of para-hydroxylation sites is 1. The molecular weight excluding hydrogens is 381 g/mol. The van der Waals surface area contributed by atoms with E-state index in [9.17, 15) is 0 Å². The summed E-state index contributed by atoms with van der Waals surface area (Å²) in [4.78, 5) is 0. The average molecular weight is 398 g/mol. The zero-order chi connectivity index (χ0) is 17.3. The van der Waals surface area contributed by atoms with Gasteiger partial charge in [0.2, 0.25) is 0 Å². The molecule has 1 nitrogen and oxygen atoms in total. The molecule has 0 aliphatic carbocycles. The van der Waals surface area contributed by atoms with Gasteiger partial charge in [-0.15, -0.1) is 0 Å². The van der Waals surface area contributed by atoms with Crippen molar-refractivity contribution in [2.75, 3.05) is 5.32 Å². The molecule has 1 heterocycles. The predicted molar refractivity (Wildman–Crippen MR) is 114 cm³/mol. The van der Waals surface area contributed by atoms with Gasteiger partial charge in [-0.3, -0.25) is 0 Å². The number of nitrogens with one attached hydrogen (secondary N) is 1. The fourth-order valence-electron chi connectivity index (χ4n) is 3.34. The van der Waals surface area contributed by atoms with Crippen LogP contribution in [0.1, 0.15) is 0 Å². The van der Waals surface area contributed by atoms with Gasteiger partial charge in [-0.25, -0.2) is 0 Å². The summed E-state index contributed by atoms with van der Waals surface area (Å²) < 4.78 is 2.99. The van der Waals surface area contributed by atoms with Gasteiger partial charge in [0.25, 0.3) is 0 Å². The number of benzene rings is 4. The maximum atomic E-state index is 3.44. The van der Waals surface area contributed by atoms with Crippen LogP contribution in [0.25, 0.3) is 30.4 Å². The molecule has 26 heavy (non-hydrogen) atoms. The van der Waals surface area contributed by atoms with Crippen molar-refractivity contribution in [1.29, 1.82) is 0 Å². The Morgan fingerprint density at radius 1 is 0.500 bits per heavy atom. The van der Waals surface area contributed by atoms with E-state index in [1.165, 1.54) is 30.4 Å². The average Bonchev–Trinajstić information content (AvgIpc) is 3.07. The van der Waals surface area contributed by atoms with E-state index in [1.54, 1.807) is 0 Å². The van der Waals surface area contributed by atoms with Gasteiger partial charge in [-0.2, -0.15) is 0 Å². The van der Waals surface area contributed by atoms with Crippen molar-refractivity contribution in [2.24, 2.45) is 0 Å². The molecular formula is C24H17NSe. The molecule has 5 rings (SSSR count). The Kier molecular flexibility index (Phi) is 3.86. The second-order valence-electron chi connectivity index (χ2n) is 6.38. The van der Waals surface area contributed by atoms with Crippen molar-refractivity contribution in [1.82, 2.24) is 0 Å². The van der Waals surface area contributed by atoms with Gasteiger partial charge in [-0.1, -0.05) is 6.07 Å². The molecule has 5 aromatic rings. The summed E-state index contributed by atoms with van der Waals surface area (Å²) in [5, 5.41) is 6.26. The summed E-state index contributed by atoms with van der Waals surface area (Å²) >= 11 is 0.438. The van der Waals surface area contributed by atoms with E-state index in [1.807, 2.05) is 18.2 Å². The molecule has 0 aliphatic rings. The van der Waals surface area contributed by atoms with E-state index in [4.69, 9.17) is 0 Å². The van der Waals surface area contributed by atoms with Gasteiger partial charge in [0.15, 0.2) is 0 Å². The molecule has 0 saturated carbocycles. The molecule has 0 spiro atoms. The van der Waals surface area contributed by atoms with Crippen molar-refractivity contribution < 1.29 is 0 Å². The Balaban J connectivity index is 1.50. The molecule has 0 fully saturated rings. The third kappa shape index (κ3) is 2.84. The maximum absolute atomic E-state index is 3.44. The molecule has 0 bridgehead atoms. The van der Waals surface area contributed by atoms with Crippen LogP contribution in [-0.2, 0) is 0 Å². The van der Waals surface area contributed by atoms with Crippen LogP contribution in [0.3, 0.4) is 0 Å². The minimum absolute atomic E-state index is 0.438. The van der Waals surface area contributed by atoms with Gasteiger partial charge >= 0.3 is 153 Å². The fraction of sp³-hybridized carbons (Fsp3) is 0. The van der Waals surface area contributed by atoms with Crippen LogP contribution in [0, 0.1) is 0 Å². The SMILES string of the molecule is c1ccc(Nc2ccc(-c3ccc4[se]c5ccccc5c4c3)cc2)cc1. The number of anilines is 2. The van der Waals surface area contributed by atoms with Crippen molar-refractivity contribution >= 4 is 45.2 Å². The zero-order valence-corrected chi connectivity index (χ0v) is 15.9. The van der Waals surface area contributed by atoms with Crippen molar-refractivity contribution in [2.45, 2.75) is 0 Å². The monoisotopic (exact) mass is 399 g/mol. The van der Waals surface area contributed by atoms with Crippen LogP contribution < -0.4 is 5.32 Å². The van der Waals surface area contributed by atoms with Crippen LogP contribution >= 0.6 is 0 Å². The predicted octanol–water partition coefficient (Wildman–Crippen LogP) is 6.46. The van der Waals surface area contributed by atoms with Gasteiger partial charge in [0, 0.05) is 0 Å². The topological polar surface area (TPSA) is 12.0 Å². The second-order valence-corrected chi connectivity index (χ2v) is 8.65. The molecule has 1 aromatic heterocycles. The molecule has 0 atom stereocenters. The standard InChI is InChI=1S/C24H17NSe/c1-2-6-19(7-3-1)25-20-13-10-17(11-14-20)18-12-15-24-22(16-18)21-8-4-5-9-23(21)26-24/h1-16,25H. The van der Waals surface area contributed by atoms with E-state index in [0.29, 0.717) is 14.5 Å². The number of hydrogen-bond donors (Lipinski definition) is 1. The third-order valence-corrected chi connectivity index (χ3v) is 7.07. The van der Waals surface area contributed by atoms with E-state index in [-0.39, 0.29) is 0 Å². The molecule has 0 radical (unpaired) electrons. The first-order chi connectivity index (χ1) is 12.9. The normalized spacial score (nSPS) is 11.1. The van der Waals surface area contributed by atoms with Crippen molar-refractivity contribution in [3.8, 4) is 11.1 Å². The molecule has 0 aliphatic heterocycles. The Morgan fingerprint density at radius 3 is 2.00 bits per heavy atom. The summed E-state index contributed by atoms with van der Waals surface area (Å²) in [6.45, 7) is 0. The summed E-state index contributed by atoms with van der Waals surface area (Å²) in [6, 6.07) is 34.7. The quantitative estimate of drug-likeness (QED) is 0.344. The Hall–Kier alpha value is -2.80. The Morgan fingerprint density at radius 2 is 1.15 bits per heavy atom. The van der Waals surface area contributed by atoms with Crippen LogP contribution in [-0.4, -0.2) is 14.5 Å². The summed E-state index contributed by atoms with van der Waals surface area (Å²) in [7, 11) is 0. The van der Waals surface area contributed by atoms with Crippen molar-refractivity contribution in [3.63, 3.8) is 0 Å². The summed E-state index contributed by atoms with van der Waals surface area (Å²) in [5.74, 6) is 0. The van der Waals surface area contributed by atoms with Crippen LogP contribution in [0.15, 0.2) is 97.1 Å². The van der Waals surface area contributed by atoms with Crippen LogP contribution in [0.4, 0.5) is 11.4 Å². The Labute approximate surface area is 158 Å². The first-order valence-electron chi connectivity index (χ1n) is 8.71. The molecule has 0 unspecified atom stereocenters. The molecule has 1 N–H and O–H groups in total. The number of fused-ring (bicyclic) bond motifs is 3. The fourth-order valence-corrected chi connectivity index (χ4v) is 5.62. The van der Waals surface area contributed by atoms with Gasteiger partial charge in [-0.05, 0) is 0 Å². The van der Waals surface area contributed by atoms with E-state index in [0.717, 1.165) is 11.4 Å². The van der Waals surface area contributed by atoms with Gasteiger partial charge in [0.05, 0.1) is 0 Å². The first-order valence-corrected chi connectivity index (χ1v) is 10.4. The second kappa shape index (κ2) is 6.49. The van der Waals surface area contributed by atoms with Crippen LogP contribution in [0.2, 0.25) is 0 Å². The molecule has 0 saturated heterocycles. The van der Waals surface area contributed by atoms with Crippen molar-refractivity contribution in [3.05, 3.63) is 97.1 Å². The zero-order valence-electron chi connectivity index (χ0n) is 14.1. The first kappa shape index (κ1) is 15.5. The van der Waals surface area contributed by atoms with Gasteiger partial charge in [0.1, 0.15) is 0 Å². The minimum atomic E-state index is 0.438. The summed E-state index contributed by atoms with van der Waals surface area (Å²) in [6.07, 6.45) is 0. The van der Waals surface area contributed by atoms with E-state index in [2.05, 4.69) is 84.2 Å². The molecule has 4 aromatic carbocycles. The molecule has 124 valence electrons. The summed E-state index contributed by atoms with van der Waals surface area (Å²) in [5.41, 5.74) is 4.75. The van der Waals surface area contributed by atoms with E-state index < -0.39 is 0 Å². The molecule has 0 amide bonds. The Bertz CT molecular complexity index is 1190.